The first-order chi connectivity index (χ1) is 17.3. The Morgan fingerprint density at radius 1 is 0.474 bits per heavy atom. The van der Waals surface area contributed by atoms with Crippen LogP contribution in [0.4, 0.5) is 0 Å². The minimum atomic E-state index is 0.151. The zero-order chi connectivity index (χ0) is 28.5. The molecule has 0 saturated heterocycles. The Morgan fingerprint density at radius 2 is 0.737 bits per heavy atom. The maximum Gasteiger partial charge on any atom is 0.0224 e. The lowest BCUT2D eigenvalue weighted by atomic mass is 9.79. The van der Waals surface area contributed by atoms with Gasteiger partial charge in [-0.2, -0.15) is 0 Å². The predicted molar refractivity (Wildman–Crippen MR) is 167 cm³/mol. The van der Waals surface area contributed by atoms with E-state index in [2.05, 4.69) is 130 Å². The first-order valence-electron chi connectivity index (χ1n) is 15.1. The lowest BCUT2D eigenvalue weighted by Crippen LogP contribution is -2.49. The van der Waals surface area contributed by atoms with Crippen LogP contribution in [0.15, 0.2) is 36.4 Å². The van der Waals surface area contributed by atoms with Gasteiger partial charge < -0.3 is 10.6 Å². The summed E-state index contributed by atoms with van der Waals surface area (Å²) in [5.41, 5.74) is 9.19. The smallest absolute Gasteiger partial charge is 0.0224 e. The van der Waals surface area contributed by atoms with Crippen molar-refractivity contribution < 1.29 is 0 Å². The molecule has 0 amide bonds. The van der Waals surface area contributed by atoms with Crippen LogP contribution in [0.1, 0.15) is 142 Å². The Hall–Kier alpha value is -1.64. The molecule has 2 nitrogen and oxygen atoms in total. The van der Waals surface area contributed by atoms with Gasteiger partial charge in [-0.05, 0) is 67.9 Å². The molecule has 0 radical (unpaired) electrons. The summed E-state index contributed by atoms with van der Waals surface area (Å²) < 4.78 is 0. The van der Waals surface area contributed by atoms with E-state index in [0.717, 1.165) is 13.1 Å². The fourth-order valence-corrected chi connectivity index (χ4v) is 5.44. The highest BCUT2D eigenvalue weighted by atomic mass is 15.0. The Labute approximate surface area is 235 Å². The van der Waals surface area contributed by atoms with Gasteiger partial charge in [0.25, 0.3) is 0 Å². The molecule has 0 unspecified atom stereocenters. The zero-order valence-electron chi connectivity index (χ0n) is 26.9. The molecule has 0 aliphatic heterocycles. The van der Waals surface area contributed by atoms with Crippen LogP contribution < -0.4 is 10.6 Å². The Morgan fingerprint density at radius 3 is 0.974 bits per heavy atom. The molecule has 2 aromatic rings. The summed E-state index contributed by atoms with van der Waals surface area (Å²) in [7, 11) is 0. The third kappa shape index (κ3) is 8.43. The average Bonchev–Trinajstić information content (AvgIpc) is 2.79. The minimum absolute atomic E-state index is 0.151. The molecular weight excluding hydrogens is 460 g/mol. The van der Waals surface area contributed by atoms with Crippen LogP contribution in [-0.2, 0) is 34.7 Å². The monoisotopic (exact) mass is 518 g/mol. The topological polar surface area (TPSA) is 24.1 Å². The van der Waals surface area contributed by atoms with Gasteiger partial charge in [0.15, 0.2) is 0 Å². The third-order valence-corrected chi connectivity index (χ3v) is 8.35. The van der Waals surface area contributed by atoms with Gasteiger partial charge in [-0.3, -0.25) is 0 Å². The zero-order valence-corrected chi connectivity index (χ0v) is 26.9. The van der Waals surface area contributed by atoms with Crippen molar-refractivity contribution in [3.8, 4) is 0 Å². The Kier molecular flexibility index (Phi) is 9.32. The second-order valence-electron chi connectivity index (χ2n) is 16.1. The molecule has 3 rings (SSSR count). The largest absolute Gasteiger partial charge is 0.308 e. The van der Waals surface area contributed by atoms with Crippen molar-refractivity contribution in [2.75, 3.05) is 0 Å². The van der Waals surface area contributed by atoms with Crippen molar-refractivity contribution >= 4 is 0 Å². The molecule has 2 N–H and O–H groups in total. The van der Waals surface area contributed by atoms with Crippen LogP contribution in [0.2, 0.25) is 0 Å². The molecule has 1 aliphatic carbocycles. The van der Waals surface area contributed by atoms with E-state index < -0.39 is 0 Å². The number of hydrogen-bond donors (Lipinski definition) is 2. The van der Waals surface area contributed by atoms with Gasteiger partial charge in [0.05, 0.1) is 0 Å². The maximum absolute atomic E-state index is 3.99. The fraction of sp³-hybridized carbons (Fsp3) is 0.667. The molecule has 212 valence electrons. The molecule has 1 aliphatic rings. The second-order valence-corrected chi connectivity index (χ2v) is 16.1. The van der Waals surface area contributed by atoms with Gasteiger partial charge in [-0.25, -0.2) is 0 Å². The summed E-state index contributed by atoms with van der Waals surface area (Å²) in [4.78, 5) is 0. The van der Waals surface area contributed by atoms with E-state index in [4.69, 9.17) is 0 Å². The number of nitrogens with one attached hydrogen (secondary N) is 2. The molecule has 1 saturated carbocycles. The van der Waals surface area contributed by atoms with Crippen LogP contribution >= 0.6 is 0 Å². The predicted octanol–water partition coefficient (Wildman–Crippen LogP) is 9.07. The van der Waals surface area contributed by atoms with Crippen molar-refractivity contribution in [1.82, 2.24) is 10.6 Å². The summed E-state index contributed by atoms with van der Waals surface area (Å²) in [6, 6.07) is 15.6. The maximum atomic E-state index is 3.99. The minimum Gasteiger partial charge on any atom is -0.308 e. The average molecular weight is 519 g/mol. The Bertz CT molecular complexity index is 914. The third-order valence-electron chi connectivity index (χ3n) is 8.35. The highest BCUT2D eigenvalue weighted by Crippen LogP contribution is 2.32. The van der Waals surface area contributed by atoms with E-state index in [-0.39, 0.29) is 21.7 Å². The number of benzene rings is 2. The standard InChI is InChI=1S/C36H58N2/c1-33(2,3)27-17-25(18-28(21-27)34(4,5)6)23-37-31-15-13-14-16-32(31)38-24-26-19-29(35(7,8)9)22-30(20-26)36(10,11)12/h17-22,31-32,37-38H,13-16,23-24H2,1-12H3/t31-,32-/m1/s1. The van der Waals surface area contributed by atoms with Crippen molar-refractivity contribution in [3.63, 3.8) is 0 Å². The van der Waals surface area contributed by atoms with Crippen molar-refractivity contribution in [1.29, 1.82) is 0 Å². The van der Waals surface area contributed by atoms with Gasteiger partial charge in [0, 0.05) is 25.2 Å². The first-order valence-corrected chi connectivity index (χ1v) is 15.1. The van der Waals surface area contributed by atoms with Crippen LogP contribution in [0.3, 0.4) is 0 Å². The lowest BCUT2D eigenvalue weighted by molar-refractivity contribution is 0.281. The van der Waals surface area contributed by atoms with Crippen LogP contribution in [0.25, 0.3) is 0 Å². The van der Waals surface area contributed by atoms with Crippen LogP contribution in [-0.4, -0.2) is 12.1 Å². The number of hydrogen-bond acceptors (Lipinski definition) is 2. The van der Waals surface area contributed by atoms with Crippen molar-refractivity contribution in [2.24, 2.45) is 0 Å². The first kappa shape index (κ1) is 30.9. The van der Waals surface area contributed by atoms with Gasteiger partial charge in [-0.1, -0.05) is 132 Å². The van der Waals surface area contributed by atoms with Gasteiger partial charge in [0.1, 0.15) is 0 Å². The normalized spacial score (nSPS) is 19.6. The molecule has 2 heteroatoms. The molecule has 0 heterocycles. The summed E-state index contributed by atoms with van der Waals surface area (Å²) in [5, 5.41) is 7.98. The quantitative estimate of drug-likeness (QED) is 0.398. The molecule has 0 bridgehead atoms. The molecule has 0 aromatic heterocycles. The molecule has 0 spiro atoms. The molecular formula is C36H58N2. The van der Waals surface area contributed by atoms with E-state index in [1.165, 1.54) is 59.1 Å². The highest BCUT2D eigenvalue weighted by Gasteiger charge is 2.26. The lowest BCUT2D eigenvalue weighted by Gasteiger charge is -2.34. The Balaban J connectivity index is 1.76. The van der Waals surface area contributed by atoms with E-state index in [9.17, 15) is 0 Å². The van der Waals surface area contributed by atoms with Crippen LogP contribution in [0.5, 0.6) is 0 Å². The summed E-state index contributed by atoms with van der Waals surface area (Å²) in [5.74, 6) is 0. The van der Waals surface area contributed by atoms with Gasteiger partial charge in [0.2, 0.25) is 0 Å². The summed E-state index contributed by atoms with van der Waals surface area (Å²) >= 11 is 0. The second kappa shape index (κ2) is 11.5. The fourth-order valence-electron chi connectivity index (χ4n) is 5.44. The van der Waals surface area contributed by atoms with Gasteiger partial charge in [-0.15, -0.1) is 0 Å². The van der Waals surface area contributed by atoms with Crippen LogP contribution in [0, 0.1) is 0 Å². The molecule has 2 atom stereocenters. The highest BCUT2D eigenvalue weighted by molar-refractivity contribution is 5.38. The van der Waals surface area contributed by atoms with E-state index >= 15 is 0 Å². The molecule has 1 fully saturated rings. The van der Waals surface area contributed by atoms with Crippen molar-refractivity contribution in [2.45, 2.75) is 156 Å². The summed E-state index contributed by atoms with van der Waals surface area (Å²) in [6.07, 6.45) is 5.13. The van der Waals surface area contributed by atoms with Gasteiger partial charge >= 0.3 is 0 Å². The van der Waals surface area contributed by atoms with E-state index in [0.29, 0.717) is 12.1 Å². The van der Waals surface area contributed by atoms with Crippen molar-refractivity contribution in [3.05, 3.63) is 69.8 Å². The SMILES string of the molecule is CC(C)(C)c1cc(CN[C@@H]2CCCC[C@H]2NCc2cc(C(C)(C)C)cc(C(C)(C)C)c2)cc(C(C)(C)C)c1. The summed E-state index contributed by atoms with van der Waals surface area (Å²) in [6.45, 7) is 29.8. The molecule has 38 heavy (non-hydrogen) atoms. The molecule has 2 aromatic carbocycles. The van der Waals surface area contributed by atoms with E-state index in [1.54, 1.807) is 0 Å². The number of rotatable bonds is 6. The van der Waals surface area contributed by atoms with E-state index in [1.807, 2.05) is 0 Å².